The number of hydrogen-bond acceptors (Lipinski definition) is 4. The summed E-state index contributed by atoms with van der Waals surface area (Å²) in [5, 5.41) is 2.86. The van der Waals surface area contributed by atoms with E-state index in [2.05, 4.69) is 15.3 Å². The minimum absolute atomic E-state index is 0.240. The van der Waals surface area contributed by atoms with E-state index in [9.17, 15) is 4.79 Å². The van der Waals surface area contributed by atoms with Gasteiger partial charge in [0, 0.05) is 24.3 Å². The van der Waals surface area contributed by atoms with Gasteiger partial charge in [0.25, 0.3) is 5.91 Å². The first-order valence-corrected chi connectivity index (χ1v) is 6.87. The molecule has 21 heavy (non-hydrogen) atoms. The van der Waals surface area contributed by atoms with Gasteiger partial charge < -0.3 is 10.1 Å². The maximum absolute atomic E-state index is 12.4. The molecule has 0 spiro atoms. The summed E-state index contributed by atoms with van der Waals surface area (Å²) >= 11 is 0. The van der Waals surface area contributed by atoms with Crippen molar-refractivity contribution in [2.75, 3.05) is 11.9 Å². The molecule has 2 aromatic rings. The quantitative estimate of drug-likeness (QED) is 0.917. The largest absolute Gasteiger partial charge is 0.477 e. The van der Waals surface area contributed by atoms with E-state index in [1.165, 1.54) is 0 Å². The lowest BCUT2D eigenvalue weighted by molar-refractivity contribution is 0.102. The fraction of sp³-hybridized carbons (Fsp3) is 0.312. The Bertz CT molecular complexity index is 626. The van der Waals surface area contributed by atoms with Gasteiger partial charge in [-0.3, -0.25) is 9.78 Å². The van der Waals surface area contributed by atoms with Crippen molar-refractivity contribution < 1.29 is 9.53 Å². The monoisotopic (exact) mass is 285 g/mol. The van der Waals surface area contributed by atoms with Gasteiger partial charge in [0.1, 0.15) is 5.56 Å². The van der Waals surface area contributed by atoms with Crippen molar-refractivity contribution in [1.29, 1.82) is 0 Å². The summed E-state index contributed by atoms with van der Waals surface area (Å²) in [4.78, 5) is 20.5. The molecule has 0 aromatic carbocycles. The number of rotatable bonds is 5. The number of aryl methyl sites for hydroxylation is 1. The van der Waals surface area contributed by atoms with Crippen LogP contribution in [0.25, 0.3) is 0 Å². The Morgan fingerprint density at radius 2 is 2.14 bits per heavy atom. The number of nitrogens with one attached hydrogen (secondary N) is 1. The van der Waals surface area contributed by atoms with E-state index in [0.717, 1.165) is 11.3 Å². The minimum Gasteiger partial charge on any atom is -0.477 e. The topological polar surface area (TPSA) is 64.1 Å². The van der Waals surface area contributed by atoms with Crippen molar-refractivity contribution in [3.63, 3.8) is 0 Å². The number of anilines is 1. The van der Waals surface area contributed by atoms with Gasteiger partial charge in [0.15, 0.2) is 0 Å². The fourth-order valence-electron chi connectivity index (χ4n) is 1.73. The zero-order valence-electron chi connectivity index (χ0n) is 12.5. The molecular formula is C16H19N3O2. The molecule has 1 N–H and O–H groups in total. The summed E-state index contributed by atoms with van der Waals surface area (Å²) in [6, 6.07) is 5.18. The van der Waals surface area contributed by atoms with Crippen LogP contribution in [0.3, 0.4) is 0 Å². The molecule has 5 nitrogen and oxygen atoms in total. The van der Waals surface area contributed by atoms with Crippen molar-refractivity contribution in [2.24, 2.45) is 5.92 Å². The standard InChI is InChI=1S/C16H19N3O2/c1-11(2)10-21-16-13(5-4-7-18-16)15(20)19-14-6-8-17-9-12(14)3/h4-9,11H,10H2,1-3H3,(H,17,19,20). The number of aromatic nitrogens is 2. The Balaban J connectivity index is 2.17. The number of nitrogens with zero attached hydrogens (tertiary/aromatic N) is 2. The number of carbonyl (C=O) groups excluding carboxylic acids is 1. The first kappa shape index (κ1) is 15.0. The summed E-state index contributed by atoms with van der Waals surface area (Å²) in [6.07, 6.45) is 4.96. The van der Waals surface area contributed by atoms with Crippen molar-refractivity contribution in [3.05, 3.63) is 47.9 Å². The number of carbonyl (C=O) groups is 1. The summed E-state index contributed by atoms with van der Waals surface area (Å²) in [5.74, 6) is 0.483. The highest BCUT2D eigenvalue weighted by Crippen LogP contribution is 2.19. The van der Waals surface area contributed by atoms with Crippen molar-refractivity contribution in [3.8, 4) is 5.88 Å². The Labute approximate surface area is 124 Å². The predicted octanol–water partition coefficient (Wildman–Crippen LogP) is 3.07. The number of hydrogen-bond donors (Lipinski definition) is 1. The maximum atomic E-state index is 12.4. The second-order valence-corrected chi connectivity index (χ2v) is 5.21. The zero-order chi connectivity index (χ0) is 15.2. The number of ether oxygens (including phenoxy) is 1. The van der Waals surface area contributed by atoms with E-state index in [1.807, 2.05) is 20.8 Å². The zero-order valence-corrected chi connectivity index (χ0v) is 12.5. The van der Waals surface area contributed by atoms with Gasteiger partial charge in [-0.15, -0.1) is 0 Å². The molecule has 0 bridgehead atoms. The second kappa shape index (κ2) is 6.83. The van der Waals surface area contributed by atoms with Gasteiger partial charge in [-0.05, 0) is 36.6 Å². The molecule has 0 saturated carbocycles. The normalized spacial score (nSPS) is 10.5. The molecule has 2 rings (SSSR count). The summed E-state index contributed by atoms with van der Waals surface area (Å²) in [7, 11) is 0. The molecule has 2 heterocycles. The van der Waals surface area contributed by atoms with Crippen molar-refractivity contribution in [1.82, 2.24) is 9.97 Å². The highest BCUT2D eigenvalue weighted by atomic mass is 16.5. The van der Waals surface area contributed by atoms with E-state index < -0.39 is 0 Å². The van der Waals surface area contributed by atoms with Crippen LogP contribution in [0.2, 0.25) is 0 Å². The molecule has 0 saturated heterocycles. The Kier molecular flexibility index (Phi) is 4.87. The molecule has 0 aliphatic carbocycles. The number of pyridine rings is 2. The van der Waals surface area contributed by atoms with Crippen LogP contribution in [0.1, 0.15) is 29.8 Å². The van der Waals surface area contributed by atoms with Crippen LogP contribution in [-0.2, 0) is 0 Å². The van der Waals surface area contributed by atoms with E-state index in [4.69, 9.17) is 4.74 Å². The Morgan fingerprint density at radius 1 is 1.33 bits per heavy atom. The van der Waals surface area contributed by atoms with Crippen LogP contribution in [0.15, 0.2) is 36.8 Å². The summed E-state index contributed by atoms with van der Waals surface area (Å²) in [5.41, 5.74) is 2.06. The predicted molar refractivity (Wildman–Crippen MR) is 81.5 cm³/mol. The SMILES string of the molecule is Cc1cnccc1NC(=O)c1cccnc1OCC(C)C. The molecule has 5 heteroatoms. The fourth-order valence-corrected chi connectivity index (χ4v) is 1.73. The molecule has 0 unspecified atom stereocenters. The minimum atomic E-state index is -0.240. The van der Waals surface area contributed by atoms with Crippen LogP contribution in [0.5, 0.6) is 5.88 Å². The van der Waals surface area contributed by atoms with Crippen LogP contribution >= 0.6 is 0 Å². The van der Waals surface area contributed by atoms with Gasteiger partial charge in [-0.1, -0.05) is 13.8 Å². The highest BCUT2D eigenvalue weighted by molar-refractivity contribution is 6.06. The third-order valence-corrected chi connectivity index (χ3v) is 2.84. The number of amides is 1. The van der Waals surface area contributed by atoms with Crippen molar-refractivity contribution in [2.45, 2.75) is 20.8 Å². The lowest BCUT2D eigenvalue weighted by Crippen LogP contribution is -2.16. The molecule has 110 valence electrons. The molecule has 0 aliphatic rings. The third kappa shape index (κ3) is 4.02. The van der Waals surface area contributed by atoms with Crippen LogP contribution in [0, 0.1) is 12.8 Å². The van der Waals surface area contributed by atoms with Gasteiger partial charge >= 0.3 is 0 Å². The molecule has 0 atom stereocenters. The third-order valence-electron chi connectivity index (χ3n) is 2.84. The van der Waals surface area contributed by atoms with Crippen LogP contribution < -0.4 is 10.1 Å². The Hall–Kier alpha value is -2.43. The summed E-state index contributed by atoms with van der Waals surface area (Å²) < 4.78 is 5.60. The molecule has 0 fully saturated rings. The van der Waals surface area contributed by atoms with Gasteiger partial charge in [-0.2, -0.15) is 0 Å². The van der Waals surface area contributed by atoms with Gasteiger partial charge in [-0.25, -0.2) is 4.98 Å². The molecule has 1 amide bonds. The van der Waals surface area contributed by atoms with Crippen LogP contribution in [0.4, 0.5) is 5.69 Å². The molecule has 2 aromatic heterocycles. The van der Waals surface area contributed by atoms with Crippen molar-refractivity contribution >= 4 is 11.6 Å². The molecular weight excluding hydrogens is 266 g/mol. The van der Waals surface area contributed by atoms with E-state index in [-0.39, 0.29) is 5.91 Å². The average molecular weight is 285 g/mol. The van der Waals surface area contributed by atoms with E-state index >= 15 is 0 Å². The Morgan fingerprint density at radius 3 is 2.86 bits per heavy atom. The maximum Gasteiger partial charge on any atom is 0.261 e. The average Bonchev–Trinajstić information content (AvgIpc) is 2.47. The van der Waals surface area contributed by atoms with Gasteiger partial charge in [0.2, 0.25) is 5.88 Å². The second-order valence-electron chi connectivity index (χ2n) is 5.21. The van der Waals surface area contributed by atoms with E-state index in [1.54, 1.807) is 36.8 Å². The molecule has 0 radical (unpaired) electrons. The summed E-state index contributed by atoms with van der Waals surface area (Å²) in [6.45, 7) is 6.50. The first-order chi connectivity index (χ1) is 10.1. The van der Waals surface area contributed by atoms with Gasteiger partial charge in [0.05, 0.1) is 6.61 Å². The first-order valence-electron chi connectivity index (χ1n) is 6.87. The lowest BCUT2D eigenvalue weighted by atomic mass is 10.2. The lowest BCUT2D eigenvalue weighted by Gasteiger charge is -2.12. The highest BCUT2D eigenvalue weighted by Gasteiger charge is 2.14. The van der Waals surface area contributed by atoms with E-state index in [0.29, 0.717) is 24.0 Å². The van der Waals surface area contributed by atoms with Crippen LogP contribution in [-0.4, -0.2) is 22.5 Å². The smallest absolute Gasteiger partial charge is 0.261 e. The molecule has 0 aliphatic heterocycles.